The molecule has 4 aromatic rings. The first-order chi connectivity index (χ1) is 12.7. The topological polar surface area (TPSA) is 99.5 Å². The molecule has 0 radical (unpaired) electrons. The summed E-state index contributed by atoms with van der Waals surface area (Å²) in [6, 6.07) is 14.4. The molecule has 0 saturated heterocycles. The zero-order chi connectivity index (χ0) is 18.1. The first-order valence-electron chi connectivity index (χ1n) is 8.13. The summed E-state index contributed by atoms with van der Waals surface area (Å²) in [6.07, 6.45) is 1.44. The predicted molar refractivity (Wildman–Crippen MR) is 96.9 cm³/mol. The lowest BCUT2D eigenvalue weighted by molar-refractivity contribution is 0.0952. The number of fused-ring (bicyclic) bond motifs is 3. The molecule has 2 heterocycles. The molecule has 0 spiro atoms. The molecule has 130 valence electrons. The van der Waals surface area contributed by atoms with Gasteiger partial charge in [0.1, 0.15) is 11.2 Å². The van der Waals surface area contributed by atoms with Gasteiger partial charge in [-0.2, -0.15) is 5.10 Å². The van der Waals surface area contributed by atoms with Crippen molar-refractivity contribution in [3.05, 3.63) is 81.8 Å². The van der Waals surface area contributed by atoms with Crippen LogP contribution in [0.5, 0.6) is 0 Å². The van der Waals surface area contributed by atoms with E-state index in [0.717, 1.165) is 11.1 Å². The Morgan fingerprint density at radius 1 is 1.12 bits per heavy atom. The van der Waals surface area contributed by atoms with E-state index in [9.17, 15) is 14.7 Å². The first-order valence-corrected chi connectivity index (χ1v) is 8.13. The van der Waals surface area contributed by atoms with Gasteiger partial charge in [-0.15, -0.1) is 0 Å². The number of rotatable bonds is 4. The van der Waals surface area contributed by atoms with E-state index in [2.05, 4.69) is 15.4 Å². The first kappa shape index (κ1) is 16.0. The number of aliphatic hydroxyl groups is 1. The van der Waals surface area contributed by atoms with Gasteiger partial charge in [-0.25, -0.2) is 4.52 Å². The molecule has 0 fully saturated rings. The largest absolute Gasteiger partial charge is 0.392 e. The molecule has 3 N–H and O–H groups in total. The van der Waals surface area contributed by atoms with Crippen LogP contribution in [0.2, 0.25) is 0 Å². The number of nitrogens with one attached hydrogen (secondary N) is 2. The monoisotopic (exact) mass is 348 g/mol. The SMILES string of the molecule is O=C(NCc1ccccc1CO)c1cnn2c1[nH]c(=O)c1ccccc12. The Labute approximate surface area is 147 Å². The van der Waals surface area contributed by atoms with Gasteiger partial charge in [0.15, 0.2) is 0 Å². The summed E-state index contributed by atoms with van der Waals surface area (Å²) in [7, 11) is 0. The van der Waals surface area contributed by atoms with Crippen LogP contribution in [0.25, 0.3) is 16.6 Å². The summed E-state index contributed by atoms with van der Waals surface area (Å²) < 4.78 is 1.55. The van der Waals surface area contributed by atoms with Crippen molar-refractivity contribution < 1.29 is 9.90 Å². The van der Waals surface area contributed by atoms with Crippen LogP contribution < -0.4 is 10.9 Å². The number of hydrogen-bond donors (Lipinski definition) is 3. The van der Waals surface area contributed by atoms with Crippen molar-refractivity contribution >= 4 is 22.5 Å². The molecular weight excluding hydrogens is 332 g/mol. The van der Waals surface area contributed by atoms with E-state index in [1.165, 1.54) is 6.20 Å². The van der Waals surface area contributed by atoms with Crippen LogP contribution in [0, 0.1) is 0 Å². The Hall–Kier alpha value is -3.45. The summed E-state index contributed by atoms with van der Waals surface area (Å²) in [5.74, 6) is -0.348. The number of H-pyrrole nitrogens is 1. The number of aliphatic hydroxyl groups excluding tert-OH is 1. The third-order valence-electron chi connectivity index (χ3n) is 4.35. The summed E-state index contributed by atoms with van der Waals surface area (Å²) in [5, 5.41) is 16.9. The molecule has 2 aromatic heterocycles. The fraction of sp³-hybridized carbons (Fsp3) is 0.105. The minimum absolute atomic E-state index is 0.0952. The molecule has 4 rings (SSSR count). The van der Waals surface area contributed by atoms with Gasteiger partial charge < -0.3 is 15.4 Å². The highest BCUT2D eigenvalue weighted by Crippen LogP contribution is 2.14. The molecule has 26 heavy (non-hydrogen) atoms. The van der Waals surface area contributed by atoms with Crippen LogP contribution in [-0.2, 0) is 13.2 Å². The van der Waals surface area contributed by atoms with Gasteiger partial charge >= 0.3 is 0 Å². The van der Waals surface area contributed by atoms with Crippen LogP contribution in [0.1, 0.15) is 21.5 Å². The van der Waals surface area contributed by atoms with E-state index < -0.39 is 0 Å². The Balaban J connectivity index is 1.68. The van der Waals surface area contributed by atoms with E-state index in [1.54, 1.807) is 28.8 Å². The van der Waals surface area contributed by atoms with E-state index >= 15 is 0 Å². The van der Waals surface area contributed by atoms with E-state index in [4.69, 9.17) is 0 Å². The van der Waals surface area contributed by atoms with Crippen molar-refractivity contribution in [2.45, 2.75) is 13.2 Å². The average Bonchev–Trinajstić information content (AvgIpc) is 3.10. The van der Waals surface area contributed by atoms with Crippen molar-refractivity contribution in [3.8, 4) is 0 Å². The van der Waals surface area contributed by atoms with Gasteiger partial charge in [0, 0.05) is 6.54 Å². The third kappa shape index (κ3) is 2.64. The second-order valence-corrected chi connectivity index (χ2v) is 5.90. The number of nitrogens with zero attached hydrogens (tertiary/aromatic N) is 2. The van der Waals surface area contributed by atoms with Crippen molar-refractivity contribution in [2.24, 2.45) is 0 Å². The number of amides is 1. The standard InChI is InChI=1S/C19H16N4O3/c24-11-13-6-2-1-5-12(13)9-20-18(25)15-10-21-23-16-8-4-3-7-14(16)19(26)22-17(15)23/h1-8,10,24H,9,11H2,(H,20,25)(H,22,26). The molecule has 0 aliphatic rings. The summed E-state index contributed by atoms with van der Waals surface area (Å²) in [5.41, 5.74) is 2.59. The molecule has 0 unspecified atom stereocenters. The zero-order valence-corrected chi connectivity index (χ0v) is 13.8. The lowest BCUT2D eigenvalue weighted by atomic mass is 10.1. The van der Waals surface area contributed by atoms with Crippen molar-refractivity contribution in [2.75, 3.05) is 0 Å². The molecule has 2 aromatic carbocycles. The Kier molecular flexibility index (Phi) is 3.98. The minimum atomic E-state index is -0.348. The van der Waals surface area contributed by atoms with Gasteiger partial charge in [0.05, 0.1) is 23.7 Å². The highest BCUT2D eigenvalue weighted by molar-refractivity contribution is 6.00. The Morgan fingerprint density at radius 2 is 1.85 bits per heavy atom. The van der Waals surface area contributed by atoms with E-state index in [1.807, 2.05) is 24.3 Å². The molecule has 7 heteroatoms. The van der Waals surface area contributed by atoms with Crippen molar-refractivity contribution in [3.63, 3.8) is 0 Å². The number of para-hydroxylation sites is 1. The lowest BCUT2D eigenvalue weighted by Crippen LogP contribution is -2.24. The van der Waals surface area contributed by atoms with Crippen LogP contribution in [0.3, 0.4) is 0 Å². The number of aromatic amines is 1. The normalized spacial score (nSPS) is 11.1. The van der Waals surface area contributed by atoms with Crippen LogP contribution in [0.4, 0.5) is 0 Å². The van der Waals surface area contributed by atoms with Crippen molar-refractivity contribution in [1.82, 2.24) is 19.9 Å². The highest BCUT2D eigenvalue weighted by Gasteiger charge is 2.16. The molecule has 0 bridgehead atoms. The molecule has 7 nitrogen and oxygen atoms in total. The smallest absolute Gasteiger partial charge is 0.259 e. The van der Waals surface area contributed by atoms with Gasteiger partial charge in [-0.05, 0) is 23.3 Å². The van der Waals surface area contributed by atoms with Gasteiger partial charge in [0.25, 0.3) is 11.5 Å². The second-order valence-electron chi connectivity index (χ2n) is 5.90. The molecular formula is C19H16N4O3. The predicted octanol–water partition coefficient (Wildman–Crippen LogP) is 1.60. The summed E-state index contributed by atoms with van der Waals surface area (Å²) >= 11 is 0. The van der Waals surface area contributed by atoms with Gasteiger partial charge in [-0.3, -0.25) is 9.59 Å². The maximum atomic E-state index is 12.6. The molecule has 1 amide bonds. The maximum Gasteiger partial charge on any atom is 0.259 e. The average molecular weight is 348 g/mol. The molecule has 0 saturated carbocycles. The number of carbonyl (C=O) groups is 1. The number of aromatic nitrogens is 3. The van der Waals surface area contributed by atoms with Crippen LogP contribution in [-0.4, -0.2) is 25.6 Å². The minimum Gasteiger partial charge on any atom is -0.392 e. The highest BCUT2D eigenvalue weighted by atomic mass is 16.3. The molecule has 0 atom stereocenters. The van der Waals surface area contributed by atoms with Gasteiger partial charge in [0.2, 0.25) is 0 Å². The quantitative estimate of drug-likeness (QED) is 0.521. The van der Waals surface area contributed by atoms with Crippen LogP contribution in [0.15, 0.2) is 59.5 Å². The lowest BCUT2D eigenvalue weighted by Gasteiger charge is -2.08. The van der Waals surface area contributed by atoms with Gasteiger partial charge in [-0.1, -0.05) is 36.4 Å². The van der Waals surface area contributed by atoms with E-state index in [-0.39, 0.29) is 30.2 Å². The maximum absolute atomic E-state index is 12.6. The summed E-state index contributed by atoms with van der Waals surface area (Å²) in [6.45, 7) is 0.173. The second kappa shape index (κ2) is 6.45. The van der Waals surface area contributed by atoms with Crippen molar-refractivity contribution in [1.29, 1.82) is 0 Å². The van der Waals surface area contributed by atoms with Crippen LogP contribution >= 0.6 is 0 Å². The number of benzene rings is 2. The Bertz CT molecular complexity index is 1180. The molecule has 0 aliphatic carbocycles. The zero-order valence-electron chi connectivity index (χ0n) is 13.8. The van der Waals surface area contributed by atoms with E-state index in [0.29, 0.717) is 16.6 Å². The number of carbonyl (C=O) groups excluding carboxylic acids is 1. The fourth-order valence-electron chi connectivity index (χ4n) is 3.00. The summed E-state index contributed by atoms with van der Waals surface area (Å²) in [4.78, 5) is 27.6. The Morgan fingerprint density at radius 3 is 2.65 bits per heavy atom. The molecule has 0 aliphatic heterocycles. The fourth-order valence-corrected chi connectivity index (χ4v) is 3.00. The third-order valence-corrected chi connectivity index (χ3v) is 4.35. The number of hydrogen-bond acceptors (Lipinski definition) is 4.